The van der Waals surface area contributed by atoms with Crippen molar-refractivity contribution in [2.24, 2.45) is 11.8 Å². The van der Waals surface area contributed by atoms with E-state index in [1.807, 2.05) is 0 Å². The molecule has 80 valence electrons. The Hall–Kier alpha value is 0.250. The fraction of sp³-hybridized carbons (Fsp3) is 1.00. The van der Waals surface area contributed by atoms with Crippen molar-refractivity contribution in [2.45, 2.75) is 33.6 Å². The van der Waals surface area contributed by atoms with Gasteiger partial charge in [0, 0.05) is 12.4 Å². The second kappa shape index (κ2) is 7.64. The molecule has 2 heteroatoms. The smallest absolute Gasteiger partial charge is 0.0225 e. The maximum absolute atomic E-state index is 5.68. The summed E-state index contributed by atoms with van der Waals surface area (Å²) in [6.07, 6.45) is 2.42. The first-order valence-corrected chi connectivity index (χ1v) is 5.84. The summed E-state index contributed by atoms with van der Waals surface area (Å²) >= 11 is 5.68. The van der Waals surface area contributed by atoms with E-state index in [4.69, 9.17) is 11.6 Å². The molecule has 0 aliphatic heterocycles. The van der Waals surface area contributed by atoms with Crippen LogP contribution >= 0.6 is 11.6 Å². The Morgan fingerprint density at radius 1 is 1.15 bits per heavy atom. The van der Waals surface area contributed by atoms with Gasteiger partial charge in [0.05, 0.1) is 0 Å². The van der Waals surface area contributed by atoms with Gasteiger partial charge >= 0.3 is 0 Å². The van der Waals surface area contributed by atoms with E-state index in [9.17, 15) is 0 Å². The molecule has 0 saturated heterocycles. The highest BCUT2D eigenvalue weighted by atomic mass is 35.5. The maximum atomic E-state index is 5.68. The topological polar surface area (TPSA) is 3.24 Å². The molecular weight excluding hydrogens is 182 g/mol. The zero-order valence-electron chi connectivity index (χ0n) is 9.52. The molecule has 0 amide bonds. The van der Waals surface area contributed by atoms with Crippen LogP contribution in [0.2, 0.25) is 0 Å². The Morgan fingerprint density at radius 2 is 1.77 bits per heavy atom. The average Bonchev–Trinajstić information content (AvgIpc) is 2.00. The standard InChI is InChI=1S/C11H24ClN/c1-10(2)9-13(4)8-6-11(3)5-7-12/h10-11H,5-9H2,1-4H3. The molecule has 0 aromatic carbocycles. The van der Waals surface area contributed by atoms with Crippen molar-refractivity contribution in [3.63, 3.8) is 0 Å². The Balaban J connectivity index is 3.40. The maximum Gasteiger partial charge on any atom is 0.0225 e. The van der Waals surface area contributed by atoms with Crippen molar-refractivity contribution < 1.29 is 0 Å². The second-order valence-electron chi connectivity index (χ2n) is 4.53. The molecule has 0 bridgehead atoms. The van der Waals surface area contributed by atoms with Crippen LogP contribution in [0.4, 0.5) is 0 Å². The number of hydrogen-bond acceptors (Lipinski definition) is 1. The minimum absolute atomic E-state index is 0.770. The quantitative estimate of drug-likeness (QED) is 0.577. The van der Waals surface area contributed by atoms with Gasteiger partial charge in [0.1, 0.15) is 0 Å². The van der Waals surface area contributed by atoms with E-state index in [1.165, 1.54) is 19.5 Å². The third-order valence-electron chi connectivity index (χ3n) is 2.28. The molecule has 0 saturated carbocycles. The first kappa shape index (κ1) is 13.2. The van der Waals surface area contributed by atoms with Crippen molar-refractivity contribution in [1.82, 2.24) is 4.90 Å². The molecule has 0 aromatic heterocycles. The number of alkyl halides is 1. The highest BCUT2D eigenvalue weighted by Gasteiger charge is 2.05. The Kier molecular flexibility index (Phi) is 7.78. The van der Waals surface area contributed by atoms with Crippen LogP contribution in [-0.4, -0.2) is 30.9 Å². The van der Waals surface area contributed by atoms with Crippen LogP contribution in [0, 0.1) is 11.8 Å². The van der Waals surface area contributed by atoms with Gasteiger partial charge in [0.25, 0.3) is 0 Å². The molecular formula is C11H24ClN. The van der Waals surface area contributed by atoms with Gasteiger partial charge in [0.15, 0.2) is 0 Å². The molecule has 1 atom stereocenters. The van der Waals surface area contributed by atoms with Gasteiger partial charge in [-0.2, -0.15) is 0 Å². The summed E-state index contributed by atoms with van der Waals surface area (Å²) in [7, 11) is 2.20. The van der Waals surface area contributed by atoms with E-state index in [2.05, 4.69) is 32.7 Å². The monoisotopic (exact) mass is 205 g/mol. The number of rotatable bonds is 7. The first-order chi connectivity index (χ1) is 6.06. The summed E-state index contributed by atoms with van der Waals surface area (Å²) in [6.45, 7) is 9.22. The molecule has 13 heavy (non-hydrogen) atoms. The molecule has 1 nitrogen and oxygen atoms in total. The Morgan fingerprint density at radius 3 is 2.23 bits per heavy atom. The van der Waals surface area contributed by atoms with E-state index in [0.717, 1.165) is 24.1 Å². The summed E-state index contributed by atoms with van der Waals surface area (Å²) in [4.78, 5) is 2.41. The van der Waals surface area contributed by atoms with Crippen LogP contribution in [0.1, 0.15) is 33.6 Å². The lowest BCUT2D eigenvalue weighted by molar-refractivity contribution is 0.273. The van der Waals surface area contributed by atoms with Crippen LogP contribution < -0.4 is 0 Å². The molecule has 0 spiro atoms. The molecule has 1 unspecified atom stereocenters. The molecule has 0 fully saturated rings. The predicted molar refractivity (Wildman–Crippen MR) is 61.5 cm³/mol. The summed E-state index contributed by atoms with van der Waals surface area (Å²) in [5.74, 6) is 2.34. The third kappa shape index (κ3) is 8.58. The van der Waals surface area contributed by atoms with Gasteiger partial charge in [-0.15, -0.1) is 11.6 Å². The second-order valence-corrected chi connectivity index (χ2v) is 4.91. The van der Waals surface area contributed by atoms with Gasteiger partial charge in [-0.1, -0.05) is 20.8 Å². The minimum atomic E-state index is 0.770. The lowest BCUT2D eigenvalue weighted by Gasteiger charge is -2.20. The summed E-state index contributed by atoms with van der Waals surface area (Å²) in [5.41, 5.74) is 0. The Labute approximate surface area is 88.5 Å². The van der Waals surface area contributed by atoms with Gasteiger partial charge in [0.2, 0.25) is 0 Å². The molecule has 0 aliphatic rings. The number of halogens is 1. The van der Waals surface area contributed by atoms with Crippen molar-refractivity contribution in [2.75, 3.05) is 26.0 Å². The van der Waals surface area contributed by atoms with E-state index < -0.39 is 0 Å². The van der Waals surface area contributed by atoms with Crippen molar-refractivity contribution in [3.8, 4) is 0 Å². The molecule has 0 radical (unpaired) electrons. The first-order valence-electron chi connectivity index (χ1n) is 5.30. The van der Waals surface area contributed by atoms with Crippen LogP contribution in [0.5, 0.6) is 0 Å². The van der Waals surface area contributed by atoms with Crippen LogP contribution in [0.3, 0.4) is 0 Å². The van der Waals surface area contributed by atoms with Crippen molar-refractivity contribution in [3.05, 3.63) is 0 Å². The fourth-order valence-corrected chi connectivity index (χ4v) is 1.86. The van der Waals surface area contributed by atoms with Gasteiger partial charge in [-0.05, 0) is 38.3 Å². The summed E-state index contributed by atoms with van der Waals surface area (Å²) < 4.78 is 0. The van der Waals surface area contributed by atoms with Crippen molar-refractivity contribution >= 4 is 11.6 Å². The zero-order valence-corrected chi connectivity index (χ0v) is 10.3. The van der Waals surface area contributed by atoms with E-state index in [-0.39, 0.29) is 0 Å². The van der Waals surface area contributed by atoms with Gasteiger partial charge < -0.3 is 4.90 Å². The molecule has 0 aliphatic carbocycles. The van der Waals surface area contributed by atoms with Crippen LogP contribution in [0.25, 0.3) is 0 Å². The SMILES string of the molecule is CC(C)CN(C)CCC(C)CCCl. The minimum Gasteiger partial charge on any atom is -0.306 e. The molecule has 0 N–H and O–H groups in total. The average molecular weight is 206 g/mol. The summed E-state index contributed by atoms with van der Waals surface area (Å²) in [5, 5.41) is 0. The third-order valence-corrected chi connectivity index (χ3v) is 2.50. The lowest BCUT2D eigenvalue weighted by atomic mass is 10.0. The largest absolute Gasteiger partial charge is 0.306 e. The molecule has 0 heterocycles. The highest BCUT2D eigenvalue weighted by Crippen LogP contribution is 2.09. The van der Waals surface area contributed by atoms with E-state index in [0.29, 0.717) is 0 Å². The van der Waals surface area contributed by atoms with Crippen LogP contribution in [0.15, 0.2) is 0 Å². The predicted octanol–water partition coefficient (Wildman–Crippen LogP) is 3.23. The zero-order chi connectivity index (χ0) is 10.3. The lowest BCUT2D eigenvalue weighted by Crippen LogP contribution is -2.25. The molecule has 0 aromatic rings. The normalized spacial score (nSPS) is 14.1. The van der Waals surface area contributed by atoms with E-state index in [1.54, 1.807) is 0 Å². The number of hydrogen-bond donors (Lipinski definition) is 0. The Bertz CT molecular complexity index is 115. The fourth-order valence-electron chi connectivity index (χ4n) is 1.49. The molecule has 0 rings (SSSR count). The number of nitrogens with zero attached hydrogens (tertiary/aromatic N) is 1. The van der Waals surface area contributed by atoms with E-state index >= 15 is 0 Å². The van der Waals surface area contributed by atoms with Crippen LogP contribution in [-0.2, 0) is 0 Å². The summed E-state index contributed by atoms with van der Waals surface area (Å²) in [6, 6.07) is 0. The van der Waals surface area contributed by atoms with Crippen molar-refractivity contribution in [1.29, 1.82) is 0 Å². The highest BCUT2D eigenvalue weighted by molar-refractivity contribution is 6.17. The van der Waals surface area contributed by atoms with Gasteiger partial charge in [-0.25, -0.2) is 0 Å². The van der Waals surface area contributed by atoms with Gasteiger partial charge in [-0.3, -0.25) is 0 Å².